The van der Waals surface area contributed by atoms with Crippen molar-refractivity contribution in [1.82, 2.24) is 9.80 Å². The Morgan fingerprint density at radius 3 is 2.57 bits per heavy atom. The van der Waals surface area contributed by atoms with Crippen LogP contribution in [-0.2, 0) is 0 Å². The van der Waals surface area contributed by atoms with Gasteiger partial charge in [-0.25, -0.2) is 0 Å². The SMILES string of the molecule is CCCN1CCN(CCN)C(CC)C1. The minimum absolute atomic E-state index is 0.735. The van der Waals surface area contributed by atoms with E-state index >= 15 is 0 Å². The summed E-state index contributed by atoms with van der Waals surface area (Å²) >= 11 is 0. The molecule has 1 aliphatic rings. The standard InChI is InChI=1S/C11H25N3/c1-3-6-13-8-9-14(7-5-12)11(4-2)10-13/h11H,3-10,12H2,1-2H3. The summed E-state index contributed by atoms with van der Waals surface area (Å²) in [5.41, 5.74) is 5.61. The van der Waals surface area contributed by atoms with Crippen molar-refractivity contribution >= 4 is 0 Å². The lowest BCUT2D eigenvalue weighted by molar-refractivity contribution is 0.0747. The molecule has 1 fully saturated rings. The summed E-state index contributed by atoms with van der Waals surface area (Å²) in [4.78, 5) is 5.13. The Bertz CT molecular complexity index is 149. The zero-order valence-corrected chi connectivity index (χ0v) is 9.71. The molecule has 0 amide bonds. The van der Waals surface area contributed by atoms with Crippen LogP contribution in [0, 0.1) is 0 Å². The highest BCUT2D eigenvalue weighted by Gasteiger charge is 2.24. The molecule has 1 atom stereocenters. The summed E-state index contributed by atoms with van der Waals surface area (Å²) in [6, 6.07) is 0.735. The molecule has 3 nitrogen and oxygen atoms in total. The summed E-state index contributed by atoms with van der Waals surface area (Å²) in [6.07, 6.45) is 2.52. The summed E-state index contributed by atoms with van der Waals surface area (Å²) in [7, 11) is 0. The van der Waals surface area contributed by atoms with Crippen LogP contribution < -0.4 is 5.73 Å². The highest BCUT2D eigenvalue weighted by atomic mass is 15.3. The smallest absolute Gasteiger partial charge is 0.0221 e. The number of rotatable bonds is 5. The van der Waals surface area contributed by atoms with Crippen LogP contribution in [0.3, 0.4) is 0 Å². The van der Waals surface area contributed by atoms with Crippen molar-refractivity contribution in [2.24, 2.45) is 5.73 Å². The van der Waals surface area contributed by atoms with E-state index < -0.39 is 0 Å². The van der Waals surface area contributed by atoms with Crippen molar-refractivity contribution in [3.05, 3.63) is 0 Å². The van der Waals surface area contributed by atoms with E-state index in [1.807, 2.05) is 0 Å². The third-order valence-electron chi connectivity index (χ3n) is 3.12. The van der Waals surface area contributed by atoms with E-state index in [1.54, 1.807) is 0 Å². The fourth-order valence-electron chi connectivity index (χ4n) is 2.32. The molecule has 0 radical (unpaired) electrons. The second kappa shape index (κ2) is 6.38. The molecule has 0 aromatic heterocycles. The molecule has 3 heteroatoms. The number of nitrogens with zero attached hydrogens (tertiary/aromatic N) is 2. The van der Waals surface area contributed by atoms with E-state index in [-0.39, 0.29) is 0 Å². The molecule has 14 heavy (non-hydrogen) atoms. The molecule has 0 bridgehead atoms. The lowest BCUT2D eigenvalue weighted by Crippen LogP contribution is -2.54. The first-order chi connectivity index (χ1) is 6.81. The van der Waals surface area contributed by atoms with E-state index in [0.717, 1.165) is 19.1 Å². The van der Waals surface area contributed by atoms with Gasteiger partial charge in [0.15, 0.2) is 0 Å². The van der Waals surface area contributed by atoms with Crippen LogP contribution in [0.15, 0.2) is 0 Å². The zero-order valence-electron chi connectivity index (χ0n) is 9.71. The van der Waals surface area contributed by atoms with Gasteiger partial charge in [-0.3, -0.25) is 4.90 Å². The van der Waals surface area contributed by atoms with Crippen molar-refractivity contribution in [3.8, 4) is 0 Å². The molecule has 1 heterocycles. The quantitative estimate of drug-likeness (QED) is 0.709. The first-order valence-electron chi connectivity index (χ1n) is 5.98. The molecule has 0 saturated carbocycles. The van der Waals surface area contributed by atoms with Crippen molar-refractivity contribution in [2.45, 2.75) is 32.7 Å². The average Bonchev–Trinajstić information content (AvgIpc) is 2.21. The van der Waals surface area contributed by atoms with Gasteiger partial charge in [-0.2, -0.15) is 0 Å². The monoisotopic (exact) mass is 199 g/mol. The Morgan fingerprint density at radius 1 is 1.21 bits per heavy atom. The van der Waals surface area contributed by atoms with Gasteiger partial charge < -0.3 is 10.6 Å². The lowest BCUT2D eigenvalue weighted by atomic mass is 10.1. The summed E-state index contributed by atoms with van der Waals surface area (Å²) < 4.78 is 0. The number of piperazine rings is 1. The summed E-state index contributed by atoms with van der Waals surface area (Å²) in [5.74, 6) is 0. The minimum atomic E-state index is 0.735. The molecular weight excluding hydrogens is 174 g/mol. The van der Waals surface area contributed by atoms with Gasteiger partial charge >= 0.3 is 0 Å². The molecule has 1 aliphatic heterocycles. The number of hydrogen-bond acceptors (Lipinski definition) is 3. The lowest BCUT2D eigenvalue weighted by Gasteiger charge is -2.41. The predicted octanol–water partition coefficient (Wildman–Crippen LogP) is 0.751. The van der Waals surface area contributed by atoms with Crippen LogP contribution in [-0.4, -0.2) is 55.1 Å². The second-order valence-electron chi connectivity index (χ2n) is 4.19. The van der Waals surface area contributed by atoms with E-state index in [2.05, 4.69) is 23.6 Å². The zero-order chi connectivity index (χ0) is 10.4. The molecule has 0 aromatic carbocycles. The van der Waals surface area contributed by atoms with Crippen LogP contribution in [0.2, 0.25) is 0 Å². The number of hydrogen-bond donors (Lipinski definition) is 1. The van der Waals surface area contributed by atoms with E-state index in [1.165, 1.54) is 39.0 Å². The van der Waals surface area contributed by atoms with Crippen LogP contribution in [0.1, 0.15) is 26.7 Å². The predicted molar refractivity (Wildman–Crippen MR) is 61.4 cm³/mol. The van der Waals surface area contributed by atoms with Gasteiger partial charge in [-0.05, 0) is 19.4 Å². The Hall–Kier alpha value is -0.120. The molecule has 1 unspecified atom stereocenters. The first-order valence-corrected chi connectivity index (χ1v) is 5.98. The van der Waals surface area contributed by atoms with Crippen molar-refractivity contribution in [3.63, 3.8) is 0 Å². The maximum absolute atomic E-state index is 5.61. The molecule has 1 rings (SSSR count). The second-order valence-corrected chi connectivity index (χ2v) is 4.19. The van der Waals surface area contributed by atoms with E-state index in [0.29, 0.717) is 0 Å². The largest absolute Gasteiger partial charge is 0.329 e. The van der Waals surface area contributed by atoms with E-state index in [9.17, 15) is 0 Å². The average molecular weight is 199 g/mol. The Labute approximate surface area is 88.2 Å². The molecule has 0 aromatic rings. The number of nitrogens with two attached hydrogens (primary N) is 1. The highest BCUT2D eigenvalue weighted by molar-refractivity contribution is 4.81. The Morgan fingerprint density at radius 2 is 2.00 bits per heavy atom. The highest BCUT2D eigenvalue weighted by Crippen LogP contribution is 2.12. The van der Waals surface area contributed by atoms with Crippen LogP contribution >= 0.6 is 0 Å². The molecular formula is C11H25N3. The van der Waals surface area contributed by atoms with Gasteiger partial charge in [0, 0.05) is 38.8 Å². The van der Waals surface area contributed by atoms with Gasteiger partial charge in [-0.1, -0.05) is 13.8 Å². The van der Waals surface area contributed by atoms with Gasteiger partial charge in [0.05, 0.1) is 0 Å². The Kier molecular flexibility index (Phi) is 5.45. The van der Waals surface area contributed by atoms with Gasteiger partial charge in [-0.15, -0.1) is 0 Å². The minimum Gasteiger partial charge on any atom is -0.329 e. The Balaban J connectivity index is 2.37. The maximum atomic E-state index is 5.61. The molecule has 2 N–H and O–H groups in total. The topological polar surface area (TPSA) is 32.5 Å². The third kappa shape index (κ3) is 3.23. The van der Waals surface area contributed by atoms with E-state index in [4.69, 9.17) is 5.73 Å². The molecule has 0 aliphatic carbocycles. The van der Waals surface area contributed by atoms with Gasteiger partial charge in [0.25, 0.3) is 0 Å². The van der Waals surface area contributed by atoms with Crippen LogP contribution in [0.5, 0.6) is 0 Å². The fourth-order valence-corrected chi connectivity index (χ4v) is 2.32. The molecule has 0 spiro atoms. The van der Waals surface area contributed by atoms with Gasteiger partial charge in [0.1, 0.15) is 0 Å². The molecule has 84 valence electrons. The maximum Gasteiger partial charge on any atom is 0.0221 e. The normalized spacial score (nSPS) is 25.5. The molecule has 1 saturated heterocycles. The van der Waals surface area contributed by atoms with Crippen molar-refractivity contribution < 1.29 is 0 Å². The first kappa shape index (κ1) is 12.0. The van der Waals surface area contributed by atoms with Crippen LogP contribution in [0.25, 0.3) is 0 Å². The van der Waals surface area contributed by atoms with Crippen LogP contribution in [0.4, 0.5) is 0 Å². The third-order valence-corrected chi connectivity index (χ3v) is 3.12. The van der Waals surface area contributed by atoms with Gasteiger partial charge in [0.2, 0.25) is 0 Å². The summed E-state index contributed by atoms with van der Waals surface area (Å²) in [5, 5.41) is 0. The van der Waals surface area contributed by atoms with Crippen molar-refractivity contribution in [1.29, 1.82) is 0 Å². The fraction of sp³-hybridized carbons (Fsp3) is 1.00. The summed E-state index contributed by atoms with van der Waals surface area (Å²) in [6.45, 7) is 11.3. The van der Waals surface area contributed by atoms with Crippen molar-refractivity contribution in [2.75, 3.05) is 39.3 Å².